The molecule has 0 bridgehead atoms. The van der Waals surface area contributed by atoms with Crippen LogP contribution >= 0.6 is 0 Å². The fourth-order valence-corrected chi connectivity index (χ4v) is 4.88. The number of hydrogen-bond donors (Lipinski definition) is 2. The fraction of sp³-hybridized carbons (Fsp3) is 0.692. The van der Waals surface area contributed by atoms with E-state index < -0.39 is 11.5 Å². The summed E-state index contributed by atoms with van der Waals surface area (Å²) in [4.78, 5) is 45.5. The summed E-state index contributed by atoms with van der Waals surface area (Å²) >= 11 is 0. The molecule has 0 unspecified atom stereocenters. The van der Waals surface area contributed by atoms with Crippen LogP contribution in [-0.4, -0.2) is 66.0 Å². The number of ether oxygens (including phenoxy) is 1. The highest BCUT2D eigenvalue weighted by molar-refractivity contribution is 5.93. The zero-order valence-electron chi connectivity index (χ0n) is 20.8. The second-order valence-electron chi connectivity index (χ2n) is 10.2. The highest BCUT2D eigenvalue weighted by Gasteiger charge is 2.43. The smallest absolute Gasteiger partial charge is 0.272 e. The molecule has 0 radical (unpaired) electrons. The van der Waals surface area contributed by atoms with E-state index in [1.807, 2.05) is 6.92 Å². The van der Waals surface area contributed by atoms with Crippen LogP contribution < -0.4 is 10.6 Å². The van der Waals surface area contributed by atoms with Crippen LogP contribution in [0.15, 0.2) is 24.4 Å². The summed E-state index contributed by atoms with van der Waals surface area (Å²) in [7, 11) is 0. The number of amides is 3. The number of aromatic nitrogens is 1. The van der Waals surface area contributed by atoms with Crippen molar-refractivity contribution in [2.45, 2.75) is 77.8 Å². The molecule has 2 atom stereocenters. The maximum atomic E-state index is 13.7. The van der Waals surface area contributed by atoms with Crippen molar-refractivity contribution in [1.29, 1.82) is 0 Å². The third kappa shape index (κ3) is 7.01. The second-order valence-corrected chi connectivity index (χ2v) is 10.2. The molecule has 8 heteroatoms. The zero-order chi connectivity index (χ0) is 24.6. The Bertz CT molecular complexity index is 821. The molecule has 2 fully saturated rings. The standard InChI is InChI=1S/C26H40N4O4/c1-19(2)17-22-23(31)28-20(3)18-34-16-8-4-6-10-26(25(33)29-22)11-14-30(15-12-26)24(32)21-9-5-7-13-27-21/h5,7,9,13,19-20,22H,4,6,8,10-12,14-18H2,1-3H3,(H,28,31)(H,29,33)/t20-,22+/m1/s1. The van der Waals surface area contributed by atoms with Gasteiger partial charge in [0.2, 0.25) is 11.8 Å². The van der Waals surface area contributed by atoms with E-state index in [2.05, 4.69) is 29.5 Å². The summed E-state index contributed by atoms with van der Waals surface area (Å²) in [5, 5.41) is 6.10. The van der Waals surface area contributed by atoms with Crippen molar-refractivity contribution in [3.05, 3.63) is 30.1 Å². The first kappa shape index (κ1) is 26.1. The van der Waals surface area contributed by atoms with Crippen LogP contribution in [0.3, 0.4) is 0 Å². The van der Waals surface area contributed by atoms with E-state index in [9.17, 15) is 14.4 Å². The number of carbonyl (C=O) groups excluding carboxylic acids is 3. The summed E-state index contributed by atoms with van der Waals surface area (Å²) in [6, 6.07) is 4.62. The SMILES string of the molecule is CC(C)C[C@@H]1NC(=O)C2(CCCCCOC[C@@H](C)NC1=O)CCN(C(=O)c1ccccn1)CC2. The van der Waals surface area contributed by atoms with Gasteiger partial charge in [-0.25, -0.2) is 0 Å². The van der Waals surface area contributed by atoms with Gasteiger partial charge in [0.05, 0.1) is 12.0 Å². The van der Waals surface area contributed by atoms with Crippen molar-refractivity contribution >= 4 is 17.7 Å². The summed E-state index contributed by atoms with van der Waals surface area (Å²) in [5.74, 6) is -0.0532. The van der Waals surface area contributed by atoms with Crippen LogP contribution in [0.25, 0.3) is 0 Å². The van der Waals surface area contributed by atoms with Crippen molar-refractivity contribution < 1.29 is 19.1 Å². The third-order valence-corrected chi connectivity index (χ3v) is 6.90. The lowest BCUT2D eigenvalue weighted by Crippen LogP contribution is -2.56. The minimum atomic E-state index is -0.581. The number of pyridine rings is 1. The van der Waals surface area contributed by atoms with E-state index in [0.29, 0.717) is 51.3 Å². The topological polar surface area (TPSA) is 101 Å². The number of carbonyl (C=O) groups is 3. The summed E-state index contributed by atoms with van der Waals surface area (Å²) < 4.78 is 5.74. The summed E-state index contributed by atoms with van der Waals surface area (Å²) in [6.07, 6.45) is 6.94. The highest BCUT2D eigenvalue weighted by Crippen LogP contribution is 2.38. The summed E-state index contributed by atoms with van der Waals surface area (Å²) in [5.41, 5.74) is -0.149. The molecule has 188 valence electrons. The maximum Gasteiger partial charge on any atom is 0.272 e. The van der Waals surface area contributed by atoms with Gasteiger partial charge in [0.25, 0.3) is 5.91 Å². The Morgan fingerprint density at radius 1 is 1.15 bits per heavy atom. The summed E-state index contributed by atoms with van der Waals surface area (Å²) in [6.45, 7) is 8.16. The molecule has 2 N–H and O–H groups in total. The van der Waals surface area contributed by atoms with Crippen LogP contribution in [0.2, 0.25) is 0 Å². The molecule has 34 heavy (non-hydrogen) atoms. The van der Waals surface area contributed by atoms with Crippen LogP contribution in [0.4, 0.5) is 0 Å². The Morgan fingerprint density at radius 3 is 2.59 bits per heavy atom. The molecule has 2 saturated heterocycles. The highest BCUT2D eigenvalue weighted by atomic mass is 16.5. The molecule has 0 aliphatic carbocycles. The molecule has 2 aliphatic rings. The lowest BCUT2D eigenvalue weighted by molar-refractivity contribution is -0.138. The molecular weight excluding hydrogens is 432 g/mol. The number of nitrogens with zero attached hydrogens (tertiary/aromatic N) is 2. The van der Waals surface area contributed by atoms with Crippen LogP contribution in [0.5, 0.6) is 0 Å². The van der Waals surface area contributed by atoms with Gasteiger partial charge in [-0.1, -0.05) is 32.8 Å². The molecule has 0 aromatic carbocycles. The van der Waals surface area contributed by atoms with E-state index in [1.54, 1.807) is 29.3 Å². The molecular formula is C26H40N4O4. The van der Waals surface area contributed by atoms with Crippen molar-refractivity contribution in [3.63, 3.8) is 0 Å². The van der Waals surface area contributed by atoms with Gasteiger partial charge in [0, 0.05) is 31.9 Å². The monoisotopic (exact) mass is 472 g/mol. The van der Waals surface area contributed by atoms with E-state index in [-0.39, 0.29) is 29.7 Å². The maximum absolute atomic E-state index is 13.7. The van der Waals surface area contributed by atoms with Crippen molar-refractivity contribution in [2.24, 2.45) is 11.3 Å². The molecule has 8 nitrogen and oxygen atoms in total. The minimum absolute atomic E-state index is 0.0563. The molecule has 1 spiro atoms. The van der Waals surface area contributed by atoms with E-state index in [1.165, 1.54) is 0 Å². The number of likely N-dealkylation sites (tertiary alicyclic amines) is 1. The average molecular weight is 473 g/mol. The van der Waals surface area contributed by atoms with Gasteiger partial charge < -0.3 is 20.3 Å². The van der Waals surface area contributed by atoms with Crippen LogP contribution in [-0.2, 0) is 14.3 Å². The first-order valence-corrected chi connectivity index (χ1v) is 12.7. The van der Waals surface area contributed by atoms with Crippen LogP contribution in [0, 0.1) is 11.3 Å². The first-order valence-electron chi connectivity index (χ1n) is 12.7. The second kappa shape index (κ2) is 12.3. The fourth-order valence-electron chi connectivity index (χ4n) is 4.88. The minimum Gasteiger partial charge on any atom is -0.379 e. The first-order chi connectivity index (χ1) is 16.3. The van der Waals surface area contributed by atoms with Crippen molar-refractivity contribution in [1.82, 2.24) is 20.5 Å². The van der Waals surface area contributed by atoms with Gasteiger partial charge in [-0.05, 0) is 57.1 Å². The number of rotatable bonds is 3. The Hall–Kier alpha value is -2.48. The van der Waals surface area contributed by atoms with Gasteiger partial charge >= 0.3 is 0 Å². The molecule has 3 rings (SSSR count). The zero-order valence-corrected chi connectivity index (χ0v) is 20.8. The van der Waals surface area contributed by atoms with E-state index in [0.717, 1.165) is 25.7 Å². The van der Waals surface area contributed by atoms with Gasteiger partial charge in [-0.15, -0.1) is 0 Å². The quantitative estimate of drug-likeness (QED) is 0.705. The van der Waals surface area contributed by atoms with Gasteiger partial charge in [-0.3, -0.25) is 19.4 Å². The van der Waals surface area contributed by atoms with Gasteiger partial charge in [0.15, 0.2) is 0 Å². The molecule has 1 aromatic rings. The van der Waals surface area contributed by atoms with Gasteiger partial charge in [-0.2, -0.15) is 0 Å². The molecule has 2 aliphatic heterocycles. The van der Waals surface area contributed by atoms with Crippen LogP contribution in [0.1, 0.15) is 76.2 Å². The normalized spacial score (nSPS) is 24.9. The number of piperidine rings is 1. The Labute approximate surface area is 203 Å². The lowest BCUT2D eigenvalue weighted by atomic mass is 9.73. The van der Waals surface area contributed by atoms with Crippen molar-refractivity contribution in [2.75, 3.05) is 26.3 Å². The predicted molar refractivity (Wildman–Crippen MR) is 130 cm³/mol. The largest absolute Gasteiger partial charge is 0.379 e. The van der Waals surface area contributed by atoms with Crippen molar-refractivity contribution in [3.8, 4) is 0 Å². The Balaban J connectivity index is 1.75. The average Bonchev–Trinajstić information content (AvgIpc) is 2.82. The molecule has 3 amide bonds. The van der Waals surface area contributed by atoms with E-state index >= 15 is 0 Å². The third-order valence-electron chi connectivity index (χ3n) is 6.90. The molecule has 3 heterocycles. The predicted octanol–water partition coefficient (Wildman–Crippen LogP) is 2.93. The number of nitrogens with one attached hydrogen (secondary N) is 2. The van der Waals surface area contributed by atoms with Gasteiger partial charge in [0.1, 0.15) is 11.7 Å². The lowest BCUT2D eigenvalue weighted by Gasteiger charge is -2.41. The number of hydrogen-bond acceptors (Lipinski definition) is 5. The Kier molecular flexibility index (Phi) is 9.45. The molecule has 0 saturated carbocycles. The Morgan fingerprint density at radius 2 is 1.91 bits per heavy atom. The van der Waals surface area contributed by atoms with E-state index in [4.69, 9.17) is 4.74 Å². The molecule has 1 aromatic heterocycles.